The molecule has 1 N–H and O–H groups in total. The number of amides is 1. The van der Waals surface area contributed by atoms with E-state index in [0.717, 1.165) is 5.56 Å². The molecule has 0 spiro atoms. The number of carbonyl (C=O) groups is 2. The second-order valence-corrected chi connectivity index (χ2v) is 7.57. The number of benzene rings is 2. The maximum Gasteiger partial charge on any atom is 0.295 e. The lowest BCUT2D eigenvalue weighted by molar-refractivity contribution is -0.140. The third-order valence-electron chi connectivity index (χ3n) is 5.45. The SMILES string of the molecule is COCCN1C(=O)C(=O)/C(=C(\O)c2ccc(OCc3ccccc3)cc2)C1c1cccnc1. The van der Waals surface area contributed by atoms with Crippen molar-refractivity contribution in [1.29, 1.82) is 0 Å². The molecule has 0 aliphatic carbocycles. The van der Waals surface area contributed by atoms with E-state index in [-0.39, 0.29) is 24.5 Å². The van der Waals surface area contributed by atoms with Gasteiger partial charge in [-0.25, -0.2) is 0 Å². The molecule has 1 unspecified atom stereocenters. The Bertz CT molecular complexity index is 1140. The summed E-state index contributed by atoms with van der Waals surface area (Å²) in [5, 5.41) is 11.1. The topological polar surface area (TPSA) is 89.0 Å². The summed E-state index contributed by atoms with van der Waals surface area (Å²) in [7, 11) is 1.52. The Morgan fingerprint density at radius 3 is 2.45 bits per heavy atom. The highest BCUT2D eigenvalue weighted by Crippen LogP contribution is 2.39. The van der Waals surface area contributed by atoms with Gasteiger partial charge in [0.05, 0.1) is 18.2 Å². The molecule has 0 radical (unpaired) electrons. The van der Waals surface area contributed by atoms with Gasteiger partial charge in [0, 0.05) is 31.6 Å². The lowest BCUT2D eigenvalue weighted by Crippen LogP contribution is -2.32. The van der Waals surface area contributed by atoms with E-state index in [2.05, 4.69) is 4.98 Å². The molecule has 0 saturated carbocycles. The minimum atomic E-state index is -0.747. The molecule has 4 rings (SSSR count). The summed E-state index contributed by atoms with van der Waals surface area (Å²) in [6, 6.07) is 19.3. The number of nitrogens with zero attached hydrogens (tertiary/aromatic N) is 2. The van der Waals surface area contributed by atoms with Crippen LogP contribution < -0.4 is 4.74 Å². The monoisotopic (exact) mass is 444 g/mol. The number of pyridine rings is 1. The van der Waals surface area contributed by atoms with Gasteiger partial charge >= 0.3 is 0 Å². The zero-order valence-electron chi connectivity index (χ0n) is 18.2. The minimum absolute atomic E-state index is 0.0297. The number of ether oxygens (including phenoxy) is 2. The highest BCUT2D eigenvalue weighted by atomic mass is 16.5. The van der Waals surface area contributed by atoms with Crippen LogP contribution in [0.5, 0.6) is 5.75 Å². The molecule has 1 atom stereocenters. The first-order valence-corrected chi connectivity index (χ1v) is 10.5. The van der Waals surface area contributed by atoms with Crippen molar-refractivity contribution in [1.82, 2.24) is 9.88 Å². The Hall–Kier alpha value is -3.97. The molecular weight excluding hydrogens is 420 g/mol. The smallest absolute Gasteiger partial charge is 0.295 e. The van der Waals surface area contributed by atoms with Gasteiger partial charge in [0.25, 0.3) is 11.7 Å². The highest BCUT2D eigenvalue weighted by Gasteiger charge is 2.45. The third kappa shape index (κ3) is 4.78. The van der Waals surface area contributed by atoms with Crippen LogP contribution in [0.4, 0.5) is 0 Å². The van der Waals surface area contributed by atoms with Crippen LogP contribution in [-0.2, 0) is 20.9 Å². The molecule has 7 nitrogen and oxygen atoms in total. The molecule has 168 valence electrons. The summed E-state index contributed by atoms with van der Waals surface area (Å²) in [6.07, 6.45) is 3.20. The molecule has 1 aliphatic heterocycles. The Morgan fingerprint density at radius 1 is 1.03 bits per heavy atom. The predicted molar refractivity (Wildman–Crippen MR) is 122 cm³/mol. The van der Waals surface area contributed by atoms with Crippen molar-refractivity contribution in [3.05, 3.63) is 101 Å². The number of methoxy groups -OCH3 is 1. The van der Waals surface area contributed by atoms with E-state index in [9.17, 15) is 14.7 Å². The number of aliphatic hydroxyl groups is 1. The normalized spacial score (nSPS) is 17.4. The summed E-state index contributed by atoms with van der Waals surface area (Å²) in [5.41, 5.74) is 2.12. The maximum absolute atomic E-state index is 12.9. The standard InChI is InChI=1S/C26H24N2O5/c1-32-15-14-28-23(20-8-5-13-27-16-20)22(25(30)26(28)31)24(29)19-9-11-21(12-10-19)33-17-18-6-3-2-4-7-18/h2-13,16,23,29H,14-15,17H2,1H3/b24-22-. The van der Waals surface area contributed by atoms with E-state index >= 15 is 0 Å². The van der Waals surface area contributed by atoms with Gasteiger partial charge in [-0.3, -0.25) is 14.6 Å². The van der Waals surface area contributed by atoms with Crippen molar-refractivity contribution in [2.24, 2.45) is 0 Å². The van der Waals surface area contributed by atoms with Gasteiger partial charge in [0.1, 0.15) is 18.1 Å². The number of ketones is 1. The Morgan fingerprint density at radius 2 is 1.79 bits per heavy atom. The molecule has 0 bridgehead atoms. The molecular formula is C26H24N2O5. The van der Waals surface area contributed by atoms with E-state index in [1.165, 1.54) is 12.0 Å². The van der Waals surface area contributed by atoms with Crippen LogP contribution in [0.3, 0.4) is 0 Å². The summed E-state index contributed by atoms with van der Waals surface area (Å²) in [5.74, 6) is -1.02. The fourth-order valence-electron chi connectivity index (χ4n) is 3.79. The first-order chi connectivity index (χ1) is 16.1. The van der Waals surface area contributed by atoms with E-state index in [1.807, 2.05) is 30.3 Å². The fourth-order valence-corrected chi connectivity index (χ4v) is 3.79. The lowest BCUT2D eigenvalue weighted by atomic mass is 9.96. The number of carbonyl (C=O) groups excluding carboxylic acids is 2. The molecule has 33 heavy (non-hydrogen) atoms. The van der Waals surface area contributed by atoms with Crippen LogP contribution in [0.25, 0.3) is 5.76 Å². The van der Waals surface area contributed by atoms with Crippen LogP contribution in [0.15, 0.2) is 84.7 Å². The summed E-state index contributed by atoms with van der Waals surface area (Å²) >= 11 is 0. The van der Waals surface area contributed by atoms with Gasteiger partial charge in [0.2, 0.25) is 0 Å². The summed E-state index contributed by atoms with van der Waals surface area (Å²) in [4.78, 5) is 31.2. The Kier molecular flexibility index (Phi) is 6.80. The molecule has 3 aromatic rings. The first-order valence-electron chi connectivity index (χ1n) is 10.5. The largest absolute Gasteiger partial charge is 0.507 e. The molecule has 1 aliphatic rings. The minimum Gasteiger partial charge on any atom is -0.507 e. The Labute approximate surface area is 191 Å². The van der Waals surface area contributed by atoms with Crippen LogP contribution in [-0.4, -0.2) is 46.9 Å². The third-order valence-corrected chi connectivity index (χ3v) is 5.45. The first kappa shape index (κ1) is 22.2. The van der Waals surface area contributed by atoms with Gasteiger partial charge in [-0.05, 0) is 41.5 Å². The molecule has 7 heteroatoms. The quantitative estimate of drug-likeness (QED) is 0.324. The predicted octanol–water partition coefficient (Wildman–Crippen LogP) is 3.73. The van der Waals surface area contributed by atoms with Crippen molar-refractivity contribution >= 4 is 17.4 Å². The van der Waals surface area contributed by atoms with Gasteiger partial charge in [0.15, 0.2) is 0 Å². The fraction of sp³-hybridized carbons (Fsp3) is 0.192. The second-order valence-electron chi connectivity index (χ2n) is 7.57. The number of likely N-dealkylation sites (tertiary alicyclic amines) is 1. The number of aromatic nitrogens is 1. The van der Waals surface area contributed by atoms with Crippen LogP contribution in [0.2, 0.25) is 0 Å². The lowest BCUT2D eigenvalue weighted by Gasteiger charge is -2.24. The number of hydrogen-bond acceptors (Lipinski definition) is 6. The molecule has 2 aromatic carbocycles. The van der Waals surface area contributed by atoms with Crippen molar-refractivity contribution < 1.29 is 24.2 Å². The average molecular weight is 444 g/mol. The number of rotatable bonds is 8. The molecule has 1 fully saturated rings. The van der Waals surface area contributed by atoms with Crippen LogP contribution >= 0.6 is 0 Å². The molecule has 1 amide bonds. The summed E-state index contributed by atoms with van der Waals surface area (Å²) in [6.45, 7) is 0.888. The van der Waals surface area contributed by atoms with Gasteiger partial charge in [-0.2, -0.15) is 0 Å². The maximum atomic E-state index is 12.9. The average Bonchev–Trinajstić information content (AvgIpc) is 3.12. The van der Waals surface area contributed by atoms with E-state index in [0.29, 0.717) is 23.5 Å². The number of Topliss-reactive ketones (excluding diaryl/α,β-unsaturated/α-hetero) is 1. The van der Waals surface area contributed by atoms with Crippen molar-refractivity contribution in [3.63, 3.8) is 0 Å². The van der Waals surface area contributed by atoms with E-state index in [4.69, 9.17) is 9.47 Å². The Balaban J connectivity index is 1.63. The van der Waals surface area contributed by atoms with Crippen molar-refractivity contribution in [2.45, 2.75) is 12.6 Å². The molecule has 1 aromatic heterocycles. The zero-order valence-corrected chi connectivity index (χ0v) is 18.2. The van der Waals surface area contributed by atoms with Crippen LogP contribution in [0.1, 0.15) is 22.7 Å². The highest BCUT2D eigenvalue weighted by molar-refractivity contribution is 6.46. The summed E-state index contributed by atoms with van der Waals surface area (Å²) < 4.78 is 10.9. The van der Waals surface area contributed by atoms with Crippen molar-refractivity contribution in [3.8, 4) is 5.75 Å². The van der Waals surface area contributed by atoms with Crippen molar-refractivity contribution in [2.75, 3.05) is 20.3 Å². The molecule has 1 saturated heterocycles. The van der Waals surface area contributed by atoms with E-state index < -0.39 is 17.7 Å². The van der Waals surface area contributed by atoms with Crippen LogP contribution in [0, 0.1) is 0 Å². The van der Waals surface area contributed by atoms with Gasteiger partial charge in [-0.15, -0.1) is 0 Å². The molecule has 2 heterocycles. The van der Waals surface area contributed by atoms with Gasteiger partial charge in [-0.1, -0.05) is 36.4 Å². The number of hydrogen-bond donors (Lipinski definition) is 1. The zero-order chi connectivity index (χ0) is 23.2. The van der Waals surface area contributed by atoms with Gasteiger partial charge < -0.3 is 19.5 Å². The number of aliphatic hydroxyl groups excluding tert-OH is 1. The second kappa shape index (κ2) is 10.1. The van der Waals surface area contributed by atoms with E-state index in [1.54, 1.807) is 48.8 Å².